The number of halogens is 4. The van der Waals surface area contributed by atoms with Crippen molar-refractivity contribution < 1.29 is 22.6 Å². The second-order valence-electron chi connectivity index (χ2n) is 5.04. The zero-order chi connectivity index (χ0) is 15.1. The maximum atomic E-state index is 12.5. The number of nitrogens with zero attached hydrogens (tertiary/aromatic N) is 1. The van der Waals surface area contributed by atoms with Gasteiger partial charge in [0.2, 0.25) is 0 Å². The van der Waals surface area contributed by atoms with Gasteiger partial charge in [-0.3, -0.25) is 4.90 Å². The normalized spacial score (nSPS) is 16.1. The van der Waals surface area contributed by atoms with Crippen molar-refractivity contribution in [2.45, 2.75) is 19.0 Å². The summed E-state index contributed by atoms with van der Waals surface area (Å²) in [5, 5.41) is 0. The van der Waals surface area contributed by atoms with E-state index >= 15 is 0 Å². The average molecular weight is 340 g/mol. The van der Waals surface area contributed by atoms with Gasteiger partial charge in [-0.15, -0.1) is 12.4 Å². The Labute approximate surface area is 134 Å². The molecule has 0 bridgehead atoms. The molecule has 0 aromatic heterocycles. The van der Waals surface area contributed by atoms with Crippen LogP contribution in [-0.2, 0) is 10.9 Å². The molecule has 1 saturated heterocycles. The summed E-state index contributed by atoms with van der Waals surface area (Å²) in [5.74, 6) is 0.274. The van der Waals surface area contributed by atoms with E-state index in [2.05, 4.69) is 4.90 Å². The van der Waals surface area contributed by atoms with Gasteiger partial charge in [0.25, 0.3) is 0 Å². The molecule has 7 heteroatoms. The number of unbranched alkanes of at least 4 members (excludes halogenated alkanes) is 1. The fraction of sp³-hybridized carbons (Fsp3) is 0.600. The molecular formula is C15H21ClF3NO2. The maximum absolute atomic E-state index is 12.5. The third-order valence-electron chi connectivity index (χ3n) is 3.40. The van der Waals surface area contributed by atoms with Crippen LogP contribution in [0.25, 0.3) is 0 Å². The molecule has 1 aromatic rings. The molecule has 0 radical (unpaired) electrons. The monoisotopic (exact) mass is 339 g/mol. The van der Waals surface area contributed by atoms with E-state index in [4.69, 9.17) is 9.47 Å². The molecular weight excluding hydrogens is 319 g/mol. The quantitative estimate of drug-likeness (QED) is 0.739. The van der Waals surface area contributed by atoms with Crippen molar-refractivity contribution in [3.05, 3.63) is 29.8 Å². The van der Waals surface area contributed by atoms with Crippen LogP contribution in [0, 0.1) is 0 Å². The maximum Gasteiger partial charge on any atom is 0.416 e. The van der Waals surface area contributed by atoms with Crippen molar-refractivity contribution in [3.63, 3.8) is 0 Å². The van der Waals surface area contributed by atoms with E-state index in [0.29, 0.717) is 6.61 Å². The van der Waals surface area contributed by atoms with E-state index in [9.17, 15) is 13.2 Å². The Kier molecular flexibility index (Phi) is 8.00. The lowest BCUT2D eigenvalue weighted by Crippen LogP contribution is -2.36. The van der Waals surface area contributed by atoms with Gasteiger partial charge in [-0.1, -0.05) is 6.07 Å². The van der Waals surface area contributed by atoms with E-state index in [0.717, 1.165) is 57.8 Å². The van der Waals surface area contributed by atoms with Gasteiger partial charge in [-0.25, -0.2) is 0 Å². The highest BCUT2D eigenvalue weighted by Crippen LogP contribution is 2.31. The Balaban J connectivity index is 0.00000242. The van der Waals surface area contributed by atoms with Crippen LogP contribution in [0.5, 0.6) is 5.75 Å². The molecule has 1 heterocycles. The largest absolute Gasteiger partial charge is 0.494 e. The van der Waals surface area contributed by atoms with Gasteiger partial charge in [-0.2, -0.15) is 13.2 Å². The molecule has 0 spiro atoms. The summed E-state index contributed by atoms with van der Waals surface area (Å²) in [6.07, 6.45) is -2.53. The van der Waals surface area contributed by atoms with Crippen LogP contribution < -0.4 is 4.74 Å². The lowest BCUT2D eigenvalue weighted by atomic mass is 10.2. The molecule has 1 aliphatic rings. The number of ether oxygens (including phenoxy) is 2. The minimum absolute atomic E-state index is 0. The van der Waals surface area contributed by atoms with E-state index in [-0.39, 0.29) is 18.2 Å². The molecule has 22 heavy (non-hydrogen) atoms. The van der Waals surface area contributed by atoms with Gasteiger partial charge in [0.1, 0.15) is 5.75 Å². The summed E-state index contributed by atoms with van der Waals surface area (Å²) in [6, 6.07) is 5.01. The van der Waals surface area contributed by atoms with Crippen LogP contribution in [0.2, 0.25) is 0 Å². The van der Waals surface area contributed by atoms with Crippen LogP contribution in [0.3, 0.4) is 0 Å². The van der Waals surface area contributed by atoms with Crippen LogP contribution in [0.4, 0.5) is 13.2 Å². The molecule has 0 N–H and O–H groups in total. The highest BCUT2D eigenvalue weighted by Gasteiger charge is 2.30. The van der Waals surface area contributed by atoms with Crippen molar-refractivity contribution in [2.24, 2.45) is 0 Å². The third-order valence-corrected chi connectivity index (χ3v) is 3.40. The standard InChI is InChI=1S/C15H20F3NO2.ClH/c16-15(17,18)13-4-3-5-14(12-13)21-9-2-1-6-19-7-10-20-11-8-19;/h3-5,12H,1-2,6-11H2;1H. The Morgan fingerprint density at radius 1 is 1.14 bits per heavy atom. The molecule has 126 valence electrons. The Morgan fingerprint density at radius 3 is 2.55 bits per heavy atom. The fourth-order valence-electron chi connectivity index (χ4n) is 2.21. The van der Waals surface area contributed by atoms with Gasteiger partial charge in [-0.05, 0) is 37.6 Å². The van der Waals surface area contributed by atoms with Gasteiger partial charge in [0.05, 0.1) is 25.4 Å². The molecule has 0 saturated carbocycles. The minimum Gasteiger partial charge on any atom is -0.494 e. The lowest BCUT2D eigenvalue weighted by Gasteiger charge is -2.26. The van der Waals surface area contributed by atoms with Crippen molar-refractivity contribution in [1.29, 1.82) is 0 Å². The topological polar surface area (TPSA) is 21.7 Å². The number of hydrogen-bond acceptors (Lipinski definition) is 3. The summed E-state index contributed by atoms with van der Waals surface area (Å²) in [4.78, 5) is 2.33. The van der Waals surface area contributed by atoms with E-state index in [1.54, 1.807) is 6.07 Å². The Morgan fingerprint density at radius 2 is 1.86 bits per heavy atom. The summed E-state index contributed by atoms with van der Waals surface area (Å²) in [5.41, 5.74) is -0.673. The third kappa shape index (κ3) is 6.42. The molecule has 1 aromatic carbocycles. The van der Waals surface area contributed by atoms with Crippen LogP contribution >= 0.6 is 12.4 Å². The summed E-state index contributed by atoms with van der Waals surface area (Å²) in [7, 11) is 0. The lowest BCUT2D eigenvalue weighted by molar-refractivity contribution is -0.137. The average Bonchev–Trinajstić information content (AvgIpc) is 2.47. The van der Waals surface area contributed by atoms with Gasteiger partial charge in [0, 0.05) is 13.1 Å². The zero-order valence-electron chi connectivity index (χ0n) is 12.3. The summed E-state index contributed by atoms with van der Waals surface area (Å²) < 4.78 is 48.3. The van der Waals surface area contributed by atoms with Gasteiger partial charge < -0.3 is 9.47 Å². The smallest absolute Gasteiger partial charge is 0.416 e. The summed E-state index contributed by atoms with van der Waals surface area (Å²) in [6.45, 7) is 4.88. The second-order valence-corrected chi connectivity index (χ2v) is 5.04. The number of benzene rings is 1. The number of rotatable bonds is 6. The molecule has 2 rings (SSSR count). The highest BCUT2D eigenvalue weighted by atomic mass is 35.5. The Bertz CT molecular complexity index is 437. The van der Waals surface area contributed by atoms with Crippen molar-refractivity contribution >= 4 is 12.4 Å². The van der Waals surface area contributed by atoms with Crippen LogP contribution in [0.15, 0.2) is 24.3 Å². The molecule has 1 fully saturated rings. The van der Waals surface area contributed by atoms with Crippen molar-refractivity contribution in [2.75, 3.05) is 39.5 Å². The van der Waals surface area contributed by atoms with Gasteiger partial charge >= 0.3 is 6.18 Å². The fourth-order valence-corrected chi connectivity index (χ4v) is 2.21. The number of morpholine rings is 1. The molecule has 1 aliphatic heterocycles. The zero-order valence-corrected chi connectivity index (χ0v) is 13.1. The first-order chi connectivity index (χ1) is 10.1. The number of alkyl halides is 3. The van der Waals surface area contributed by atoms with E-state index in [1.165, 1.54) is 6.07 Å². The summed E-state index contributed by atoms with van der Waals surface area (Å²) >= 11 is 0. The second kappa shape index (κ2) is 9.22. The molecule has 0 atom stereocenters. The van der Waals surface area contributed by atoms with E-state index in [1.807, 2.05) is 0 Å². The molecule has 0 unspecified atom stereocenters. The first kappa shape index (κ1) is 19.1. The van der Waals surface area contributed by atoms with Crippen molar-refractivity contribution in [1.82, 2.24) is 4.90 Å². The van der Waals surface area contributed by atoms with E-state index < -0.39 is 11.7 Å². The first-order valence-corrected chi connectivity index (χ1v) is 7.16. The minimum atomic E-state index is -4.32. The SMILES string of the molecule is Cl.FC(F)(F)c1cccc(OCCCCN2CCOCC2)c1. The van der Waals surface area contributed by atoms with Gasteiger partial charge in [0.15, 0.2) is 0 Å². The molecule has 0 amide bonds. The predicted octanol–water partition coefficient (Wildman–Crippen LogP) is 3.62. The highest BCUT2D eigenvalue weighted by molar-refractivity contribution is 5.85. The van der Waals surface area contributed by atoms with Crippen LogP contribution in [0.1, 0.15) is 18.4 Å². The van der Waals surface area contributed by atoms with Crippen LogP contribution in [-0.4, -0.2) is 44.4 Å². The first-order valence-electron chi connectivity index (χ1n) is 7.16. The van der Waals surface area contributed by atoms with Crippen molar-refractivity contribution in [3.8, 4) is 5.75 Å². The number of hydrogen-bond donors (Lipinski definition) is 0. The Hall–Kier alpha value is -0.980. The molecule has 0 aliphatic carbocycles. The molecule has 3 nitrogen and oxygen atoms in total. The predicted molar refractivity (Wildman–Crippen MR) is 80.7 cm³/mol.